The molecule has 1 aromatic heterocycles. The van der Waals surface area contributed by atoms with Gasteiger partial charge >= 0.3 is 0 Å². The molecule has 6 heteroatoms. The maximum atomic E-state index is 13.2. The van der Waals surface area contributed by atoms with Gasteiger partial charge in [0.25, 0.3) is 5.91 Å². The molecule has 0 radical (unpaired) electrons. The van der Waals surface area contributed by atoms with E-state index in [0.717, 1.165) is 36.8 Å². The smallest absolute Gasteiger partial charge is 0.275 e. The number of fused-ring (bicyclic) bond motifs is 1. The second-order valence-electron chi connectivity index (χ2n) is 6.96. The number of likely N-dealkylation sites (tertiary alicyclic amines) is 1. The number of benzene rings is 1. The van der Waals surface area contributed by atoms with Gasteiger partial charge in [-0.15, -0.1) is 0 Å². The van der Waals surface area contributed by atoms with Crippen LogP contribution in [0.2, 0.25) is 5.02 Å². The fourth-order valence-corrected chi connectivity index (χ4v) is 4.27. The Morgan fingerprint density at radius 2 is 1.96 bits per heavy atom. The number of nitrogens with zero attached hydrogens (tertiary/aromatic N) is 3. The first-order chi connectivity index (χ1) is 12.1. The van der Waals surface area contributed by atoms with Gasteiger partial charge in [-0.3, -0.25) is 9.48 Å². The Hall–Kier alpha value is -1.85. The minimum atomic E-state index is -0.565. The summed E-state index contributed by atoms with van der Waals surface area (Å²) in [7, 11) is 1.91. The predicted octanol–water partition coefficient (Wildman–Crippen LogP) is 2.90. The second kappa shape index (κ2) is 6.46. The van der Waals surface area contributed by atoms with Crippen LogP contribution < -0.4 is 0 Å². The van der Waals surface area contributed by atoms with E-state index in [9.17, 15) is 9.90 Å². The van der Waals surface area contributed by atoms with Crippen LogP contribution in [0.3, 0.4) is 0 Å². The highest BCUT2D eigenvalue weighted by Gasteiger charge is 2.39. The van der Waals surface area contributed by atoms with Gasteiger partial charge in [0.15, 0.2) is 5.69 Å². The molecule has 2 aromatic rings. The van der Waals surface area contributed by atoms with Crippen LogP contribution in [0.4, 0.5) is 0 Å². The fraction of sp³-hybridized carbons (Fsp3) is 0.474. The quantitative estimate of drug-likeness (QED) is 0.897. The minimum Gasteiger partial charge on any atom is -0.391 e. The number of rotatable bonds is 2. The lowest BCUT2D eigenvalue weighted by Crippen LogP contribution is -2.34. The number of halogens is 1. The van der Waals surface area contributed by atoms with Crippen molar-refractivity contribution in [1.82, 2.24) is 14.7 Å². The highest BCUT2D eigenvalue weighted by atomic mass is 35.5. The Kier molecular flexibility index (Phi) is 4.29. The number of hydrogen-bond acceptors (Lipinski definition) is 3. The third kappa shape index (κ3) is 2.85. The predicted molar refractivity (Wildman–Crippen MR) is 95.7 cm³/mol. The molecule has 25 heavy (non-hydrogen) atoms. The number of aliphatic hydroxyl groups excluding tert-OH is 1. The van der Waals surface area contributed by atoms with Crippen LogP contribution in [-0.4, -0.2) is 38.3 Å². The Labute approximate surface area is 152 Å². The molecule has 1 aliphatic carbocycles. The van der Waals surface area contributed by atoms with Crippen molar-refractivity contribution in [2.24, 2.45) is 7.05 Å². The van der Waals surface area contributed by atoms with Crippen molar-refractivity contribution in [2.45, 2.75) is 44.2 Å². The summed E-state index contributed by atoms with van der Waals surface area (Å²) in [5.74, 6) is -0.0738. The first kappa shape index (κ1) is 16.6. The Morgan fingerprint density at radius 3 is 2.72 bits per heavy atom. The van der Waals surface area contributed by atoms with Crippen LogP contribution in [0.5, 0.6) is 0 Å². The first-order valence-corrected chi connectivity index (χ1v) is 9.23. The summed E-state index contributed by atoms with van der Waals surface area (Å²) in [6.07, 6.45) is 4.15. The molecular weight excluding hydrogens is 338 g/mol. The summed E-state index contributed by atoms with van der Waals surface area (Å²) in [4.78, 5) is 15.0. The SMILES string of the molecule is Cn1nc(C(=O)N2CC[C@@H](O)[C@H]2c2ccc(Cl)cc2)c2c1CCCC2. The van der Waals surface area contributed by atoms with Crippen LogP contribution in [-0.2, 0) is 19.9 Å². The molecule has 5 nitrogen and oxygen atoms in total. The Bertz CT molecular complexity index is 800. The zero-order chi connectivity index (χ0) is 17.6. The number of carbonyl (C=O) groups is 1. The molecule has 2 aliphatic rings. The number of aryl methyl sites for hydroxylation is 1. The van der Waals surface area contributed by atoms with E-state index < -0.39 is 6.10 Å². The van der Waals surface area contributed by atoms with E-state index in [4.69, 9.17) is 11.6 Å². The molecule has 1 N–H and O–H groups in total. The average molecular weight is 360 g/mol. The maximum Gasteiger partial charge on any atom is 0.275 e. The highest BCUT2D eigenvalue weighted by molar-refractivity contribution is 6.30. The van der Waals surface area contributed by atoms with Crippen LogP contribution >= 0.6 is 11.6 Å². The molecule has 0 bridgehead atoms. The number of aliphatic hydroxyl groups is 1. The van der Waals surface area contributed by atoms with Crippen molar-refractivity contribution in [3.63, 3.8) is 0 Å². The van der Waals surface area contributed by atoms with Crippen LogP contribution in [0, 0.1) is 0 Å². The van der Waals surface area contributed by atoms with Gasteiger partial charge in [0.1, 0.15) is 0 Å². The van der Waals surface area contributed by atoms with Gasteiger partial charge in [0.2, 0.25) is 0 Å². The summed E-state index contributed by atoms with van der Waals surface area (Å²) >= 11 is 5.98. The van der Waals surface area contributed by atoms with Crippen LogP contribution in [0.1, 0.15) is 52.6 Å². The maximum absolute atomic E-state index is 13.2. The molecule has 0 saturated carbocycles. The lowest BCUT2D eigenvalue weighted by molar-refractivity contribution is 0.0630. The average Bonchev–Trinajstić information content (AvgIpc) is 3.16. The molecule has 0 unspecified atom stereocenters. The molecule has 1 amide bonds. The van der Waals surface area contributed by atoms with Gasteiger partial charge in [-0.05, 0) is 49.8 Å². The van der Waals surface area contributed by atoms with E-state index in [-0.39, 0.29) is 11.9 Å². The molecule has 1 fully saturated rings. The summed E-state index contributed by atoms with van der Waals surface area (Å²) in [6.45, 7) is 0.540. The topological polar surface area (TPSA) is 58.4 Å². The van der Waals surface area contributed by atoms with E-state index in [1.165, 1.54) is 5.69 Å². The number of amides is 1. The summed E-state index contributed by atoms with van der Waals surface area (Å²) in [5, 5.41) is 15.6. The molecule has 0 spiro atoms. The van der Waals surface area contributed by atoms with Gasteiger partial charge in [-0.2, -0.15) is 5.10 Å². The van der Waals surface area contributed by atoms with Crippen molar-refractivity contribution in [3.8, 4) is 0 Å². The number of aromatic nitrogens is 2. The van der Waals surface area contributed by atoms with Crippen molar-refractivity contribution in [3.05, 3.63) is 51.8 Å². The van der Waals surface area contributed by atoms with Gasteiger partial charge in [-0.25, -0.2) is 0 Å². The lowest BCUT2D eigenvalue weighted by atomic mass is 9.95. The summed E-state index contributed by atoms with van der Waals surface area (Å²) in [5.41, 5.74) is 3.74. The summed E-state index contributed by atoms with van der Waals surface area (Å²) in [6, 6.07) is 7.03. The number of carbonyl (C=O) groups excluding carboxylic acids is 1. The molecule has 1 aliphatic heterocycles. The molecule has 132 valence electrons. The van der Waals surface area contributed by atoms with E-state index in [0.29, 0.717) is 23.7 Å². The van der Waals surface area contributed by atoms with Crippen LogP contribution in [0.15, 0.2) is 24.3 Å². The largest absolute Gasteiger partial charge is 0.391 e. The van der Waals surface area contributed by atoms with Crippen molar-refractivity contribution < 1.29 is 9.90 Å². The summed E-state index contributed by atoms with van der Waals surface area (Å²) < 4.78 is 1.85. The Morgan fingerprint density at radius 1 is 1.24 bits per heavy atom. The van der Waals surface area contributed by atoms with E-state index in [2.05, 4.69) is 5.10 Å². The zero-order valence-electron chi connectivity index (χ0n) is 14.3. The van der Waals surface area contributed by atoms with Crippen molar-refractivity contribution in [2.75, 3.05) is 6.54 Å². The van der Waals surface area contributed by atoms with Gasteiger partial charge < -0.3 is 10.0 Å². The third-order valence-electron chi connectivity index (χ3n) is 5.41. The van der Waals surface area contributed by atoms with Gasteiger partial charge in [0, 0.05) is 29.9 Å². The molecule has 1 saturated heterocycles. The first-order valence-electron chi connectivity index (χ1n) is 8.85. The van der Waals surface area contributed by atoms with Crippen molar-refractivity contribution >= 4 is 17.5 Å². The van der Waals surface area contributed by atoms with Crippen molar-refractivity contribution in [1.29, 1.82) is 0 Å². The monoisotopic (exact) mass is 359 g/mol. The van der Waals surface area contributed by atoms with E-state index in [1.807, 2.05) is 23.9 Å². The Balaban J connectivity index is 1.68. The fourth-order valence-electron chi connectivity index (χ4n) is 4.15. The van der Waals surface area contributed by atoms with Gasteiger partial charge in [-0.1, -0.05) is 23.7 Å². The molecule has 2 heterocycles. The van der Waals surface area contributed by atoms with E-state index in [1.54, 1.807) is 17.0 Å². The standard InChI is InChI=1S/C19H22ClN3O2/c1-22-15-5-3-2-4-14(15)17(21-22)19(25)23-11-10-16(24)18(23)12-6-8-13(20)9-7-12/h6-9,16,18,24H,2-5,10-11H2,1H3/t16-,18-/m1/s1. The van der Waals surface area contributed by atoms with Gasteiger partial charge in [0.05, 0.1) is 12.1 Å². The molecule has 4 rings (SSSR count). The molecular formula is C19H22ClN3O2. The normalized spacial score (nSPS) is 22.9. The third-order valence-corrected chi connectivity index (χ3v) is 5.66. The van der Waals surface area contributed by atoms with E-state index >= 15 is 0 Å². The zero-order valence-corrected chi connectivity index (χ0v) is 15.0. The second-order valence-corrected chi connectivity index (χ2v) is 7.39. The minimum absolute atomic E-state index is 0.0738. The van der Waals surface area contributed by atoms with Crippen LogP contribution in [0.25, 0.3) is 0 Å². The lowest BCUT2D eigenvalue weighted by Gasteiger charge is -2.26. The molecule has 2 atom stereocenters. The highest BCUT2D eigenvalue weighted by Crippen LogP contribution is 2.35. The number of hydrogen-bond donors (Lipinski definition) is 1. The molecule has 1 aromatic carbocycles.